The molecule has 0 spiro atoms. The molecule has 0 bridgehead atoms. The molecule has 1 aromatic rings. The molecule has 1 aromatic carbocycles. The van der Waals surface area contributed by atoms with Gasteiger partial charge < -0.3 is 4.74 Å². The number of rotatable bonds is 0. The van der Waals surface area contributed by atoms with Crippen molar-refractivity contribution in [3.05, 3.63) is 29.3 Å². The molecule has 0 aliphatic carbocycles. The molecule has 15 heavy (non-hydrogen) atoms. The van der Waals surface area contributed by atoms with Crippen molar-refractivity contribution in [3.8, 4) is 5.75 Å². The highest BCUT2D eigenvalue weighted by molar-refractivity contribution is 5.38. The predicted octanol–water partition coefficient (Wildman–Crippen LogP) is 3.59. The minimum atomic E-state index is 0.335. The minimum absolute atomic E-state index is 0.335. The molecule has 0 amide bonds. The lowest BCUT2D eigenvalue weighted by molar-refractivity contribution is 0.127. The minimum Gasteiger partial charge on any atom is -0.493 e. The van der Waals surface area contributed by atoms with Gasteiger partial charge in [0.25, 0.3) is 0 Å². The average molecular weight is 204 g/mol. The summed E-state index contributed by atoms with van der Waals surface area (Å²) in [5.41, 5.74) is 3.04. The van der Waals surface area contributed by atoms with E-state index in [1.807, 2.05) is 0 Å². The Bertz CT molecular complexity index is 360. The number of fused-ring (bicyclic) bond motifs is 1. The number of ether oxygens (including phenoxy) is 1. The fourth-order valence-electron chi connectivity index (χ4n) is 2.08. The van der Waals surface area contributed by atoms with Gasteiger partial charge in [-0.3, -0.25) is 0 Å². The van der Waals surface area contributed by atoms with Gasteiger partial charge in [0.05, 0.1) is 6.61 Å². The Hall–Kier alpha value is -0.980. The molecule has 0 fully saturated rings. The Morgan fingerprint density at radius 2 is 2.00 bits per heavy atom. The first-order chi connectivity index (χ1) is 6.97. The van der Waals surface area contributed by atoms with Crippen molar-refractivity contribution >= 4 is 0 Å². The monoisotopic (exact) mass is 204 g/mol. The molecule has 2 rings (SSSR count). The Balaban J connectivity index is 2.26. The third-order valence-corrected chi connectivity index (χ3v) is 3.35. The smallest absolute Gasteiger partial charge is 0.122 e. The average Bonchev–Trinajstić information content (AvgIpc) is 2.15. The third-order valence-electron chi connectivity index (χ3n) is 3.35. The fraction of sp³-hybridized carbons (Fsp3) is 0.571. The summed E-state index contributed by atoms with van der Waals surface area (Å²) in [6, 6.07) is 6.48. The van der Waals surface area contributed by atoms with Crippen molar-refractivity contribution in [3.63, 3.8) is 0 Å². The lowest BCUT2D eigenvalue weighted by Crippen LogP contribution is -2.31. The van der Waals surface area contributed by atoms with Crippen LogP contribution in [-0.2, 0) is 6.42 Å². The maximum atomic E-state index is 5.82. The van der Waals surface area contributed by atoms with Crippen LogP contribution in [0, 0.1) is 18.3 Å². The van der Waals surface area contributed by atoms with Gasteiger partial charge in [-0.2, -0.15) is 0 Å². The molecule has 0 saturated heterocycles. The maximum absolute atomic E-state index is 5.82. The molecule has 0 aromatic heterocycles. The molecular weight excluding hydrogens is 184 g/mol. The molecule has 1 aliphatic rings. The van der Waals surface area contributed by atoms with E-state index >= 15 is 0 Å². The van der Waals surface area contributed by atoms with E-state index < -0.39 is 0 Å². The summed E-state index contributed by atoms with van der Waals surface area (Å²) < 4.78 is 5.82. The van der Waals surface area contributed by atoms with E-state index in [1.165, 1.54) is 11.1 Å². The summed E-state index contributed by atoms with van der Waals surface area (Å²) in [5, 5.41) is 0. The number of hydrogen-bond acceptors (Lipinski definition) is 1. The Morgan fingerprint density at radius 3 is 2.67 bits per heavy atom. The van der Waals surface area contributed by atoms with E-state index in [0.29, 0.717) is 11.3 Å². The van der Waals surface area contributed by atoms with E-state index in [-0.39, 0.29) is 0 Å². The summed E-state index contributed by atoms with van der Waals surface area (Å²) in [7, 11) is 0. The predicted molar refractivity (Wildman–Crippen MR) is 63.3 cm³/mol. The van der Waals surface area contributed by atoms with Crippen LogP contribution in [0.1, 0.15) is 31.9 Å². The summed E-state index contributed by atoms with van der Waals surface area (Å²) in [6.45, 7) is 9.88. The number of benzene rings is 1. The second kappa shape index (κ2) is 3.55. The van der Waals surface area contributed by atoms with E-state index in [2.05, 4.69) is 45.9 Å². The van der Waals surface area contributed by atoms with Gasteiger partial charge in [-0.15, -0.1) is 0 Å². The first-order valence-electron chi connectivity index (χ1n) is 5.69. The zero-order valence-electron chi connectivity index (χ0n) is 10.1. The topological polar surface area (TPSA) is 9.23 Å². The van der Waals surface area contributed by atoms with Crippen LogP contribution in [0.5, 0.6) is 5.75 Å². The molecule has 1 heterocycles. The van der Waals surface area contributed by atoms with Crippen molar-refractivity contribution in [1.82, 2.24) is 0 Å². The van der Waals surface area contributed by atoms with Crippen LogP contribution in [0.2, 0.25) is 0 Å². The second-order valence-corrected chi connectivity index (χ2v) is 5.69. The standard InChI is InChI=1S/C14H20O/c1-10-5-6-13-11(7-10)8-12(9-15-13)14(2,3)4/h5-7,12H,8-9H2,1-4H3. The lowest BCUT2D eigenvalue weighted by atomic mass is 9.76. The van der Waals surface area contributed by atoms with E-state index in [4.69, 9.17) is 4.74 Å². The van der Waals surface area contributed by atoms with Crippen LogP contribution in [0.4, 0.5) is 0 Å². The molecule has 0 saturated carbocycles. The van der Waals surface area contributed by atoms with E-state index in [1.54, 1.807) is 0 Å². The van der Waals surface area contributed by atoms with Crippen LogP contribution in [0.15, 0.2) is 18.2 Å². The number of aryl methyl sites for hydroxylation is 1. The van der Waals surface area contributed by atoms with Gasteiger partial charge in [-0.25, -0.2) is 0 Å². The molecule has 0 radical (unpaired) electrons. The molecule has 1 atom stereocenters. The maximum Gasteiger partial charge on any atom is 0.122 e. The van der Waals surface area contributed by atoms with E-state index in [9.17, 15) is 0 Å². The van der Waals surface area contributed by atoms with Gasteiger partial charge in [0.2, 0.25) is 0 Å². The van der Waals surface area contributed by atoms with Crippen molar-refractivity contribution < 1.29 is 4.74 Å². The zero-order valence-corrected chi connectivity index (χ0v) is 10.1. The SMILES string of the molecule is Cc1ccc2c(c1)CC(C(C)(C)C)CO2. The summed E-state index contributed by atoms with van der Waals surface area (Å²) in [4.78, 5) is 0. The van der Waals surface area contributed by atoms with Crippen LogP contribution >= 0.6 is 0 Å². The fourth-order valence-corrected chi connectivity index (χ4v) is 2.08. The van der Waals surface area contributed by atoms with Gasteiger partial charge in [0.1, 0.15) is 5.75 Å². The first-order valence-corrected chi connectivity index (χ1v) is 5.69. The normalized spacial score (nSPS) is 20.7. The number of hydrogen-bond donors (Lipinski definition) is 0. The lowest BCUT2D eigenvalue weighted by Gasteiger charge is -2.34. The molecule has 0 N–H and O–H groups in total. The highest BCUT2D eigenvalue weighted by atomic mass is 16.5. The Morgan fingerprint density at radius 1 is 1.27 bits per heavy atom. The third kappa shape index (κ3) is 2.17. The summed E-state index contributed by atoms with van der Waals surface area (Å²) in [6.07, 6.45) is 1.15. The Labute approximate surface area is 92.5 Å². The molecular formula is C14H20O. The highest BCUT2D eigenvalue weighted by Crippen LogP contribution is 2.36. The highest BCUT2D eigenvalue weighted by Gasteiger charge is 2.29. The molecule has 1 heteroatoms. The molecule has 1 aliphatic heterocycles. The first kappa shape index (κ1) is 10.5. The van der Waals surface area contributed by atoms with Crippen LogP contribution in [0.25, 0.3) is 0 Å². The summed E-state index contributed by atoms with van der Waals surface area (Å²) in [5.74, 6) is 1.72. The quantitative estimate of drug-likeness (QED) is 0.627. The van der Waals surface area contributed by atoms with Crippen LogP contribution < -0.4 is 4.74 Å². The van der Waals surface area contributed by atoms with Crippen molar-refractivity contribution in [2.24, 2.45) is 11.3 Å². The van der Waals surface area contributed by atoms with Crippen LogP contribution in [0.3, 0.4) is 0 Å². The second-order valence-electron chi connectivity index (χ2n) is 5.69. The molecule has 1 nitrogen and oxygen atoms in total. The molecule has 1 unspecified atom stereocenters. The van der Waals surface area contributed by atoms with Crippen molar-refractivity contribution in [2.75, 3.05) is 6.61 Å². The Kier molecular flexibility index (Phi) is 2.49. The molecule has 82 valence electrons. The van der Waals surface area contributed by atoms with Gasteiger partial charge >= 0.3 is 0 Å². The van der Waals surface area contributed by atoms with Crippen LogP contribution in [-0.4, -0.2) is 6.61 Å². The van der Waals surface area contributed by atoms with Gasteiger partial charge in [0.15, 0.2) is 0 Å². The summed E-state index contributed by atoms with van der Waals surface area (Å²) >= 11 is 0. The largest absolute Gasteiger partial charge is 0.493 e. The van der Waals surface area contributed by atoms with Crippen molar-refractivity contribution in [2.45, 2.75) is 34.1 Å². The van der Waals surface area contributed by atoms with Crippen molar-refractivity contribution in [1.29, 1.82) is 0 Å². The van der Waals surface area contributed by atoms with Gasteiger partial charge in [0, 0.05) is 5.92 Å². The zero-order chi connectivity index (χ0) is 11.1. The van der Waals surface area contributed by atoms with Gasteiger partial charge in [-0.1, -0.05) is 38.5 Å². The van der Waals surface area contributed by atoms with Gasteiger partial charge in [-0.05, 0) is 30.4 Å². The van der Waals surface area contributed by atoms with E-state index in [0.717, 1.165) is 18.8 Å².